The third-order valence-corrected chi connectivity index (χ3v) is 4.62. The number of alkyl halides is 1. The second-order valence-corrected chi connectivity index (χ2v) is 6.66. The Balaban J connectivity index is 1.73. The number of nitrogens with zero attached hydrogens (tertiary/aromatic N) is 4. The largest absolute Gasteiger partial charge is 0.323 e. The van der Waals surface area contributed by atoms with Crippen molar-refractivity contribution in [3.05, 3.63) is 59.9 Å². The Morgan fingerprint density at radius 3 is 2.86 bits per heavy atom. The molecule has 3 N–H and O–H groups in total. The molecule has 8 heteroatoms. The highest BCUT2D eigenvalue weighted by Crippen LogP contribution is 2.26. The van der Waals surface area contributed by atoms with Crippen molar-refractivity contribution in [2.75, 3.05) is 18.9 Å². The first-order chi connectivity index (χ1) is 14.3. The summed E-state index contributed by atoms with van der Waals surface area (Å²) in [7, 11) is 1.92. The summed E-state index contributed by atoms with van der Waals surface area (Å²) in [6, 6.07) is 13.0. The van der Waals surface area contributed by atoms with Gasteiger partial charge in [0.2, 0.25) is 0 Å². The third kappa shape index (κ3) is 4.22. The van der Waals surface area contributed by atoms with E-state index in [1.54, 1.807) is 12.3 Å². The highest BCUT2D eigenvalue weighted by Gasteiger charge is 2.13. The zero-order valence-electron chi connectivity index (χ0n) is 16.1. The maximum Gasteiger partial charge on any atom is 0.162 e. The number of aromatic amines is 1. The smallest absolute Gasteiger partial charge is 0.162 e. The first-order valence-electron chi connectivity index (χ1n) is 9.51. The molecule has 0 radical (unpaired) electrons. The van der Waals surface area contributed by atoms with E-state index in [1.165, 1.54) is 0 Å². The van der Waals surface area contributed by atoms with E-state index in [1.807, 2.05) is 43.4 Å². The van der Waals surface area contributed by atoms with E-state index in [-0.39, 0.29) is 0 Å². The summed E-state index contributed by atoms with van der Waals surface area (Å²) in [6.07, 6.45) is 3.43. The zero-order valence-corrected chi connectivity index (χ0v) is 16.1. The number of hydrogen-bond acceptors (Lipinski definition) is 6. The van der Waals surface area contributed by atoms with Gasteiger partial charge >= 0.3 is 0 Å². The number of aromatic nitrogens is 5. The van der Waals surface area contributed by atoms with E-state index < -0.39 is 6.67 Å². The molecule has 0 aliphatic heterocycles. The average molecular weight is 391 g/mol. The lowest BCUT2D eigenvalue weighted by atomic mass is 10.1. The molecule has 0 bridgehead atoms. The molecule has 148 valence electrons. The van der Waals surface area contributed by atoms with E-state index in [0.29, 0.717) is 34.2 Å². The number of pyridine rings is 1. The van der Waals surface area contributed by atoms with Crippen molar-refractivity contribution in [1.29, 1.82) is 0 Å². The topological polar surface area (TPSA) is 91.4 Å². The lowest BCUT2D eigenvalue weighted by Crippen LogP contribution is -2.09. The van der Waals surface area contributed by atoms with Crippen LogP contribution in [0.5, 0.6) is 0 Å². The number of halogens is 1. The molecule has 29 heavy (non-hydrogen) atoms. The van der Waals surface area contributed by atoms with E-state index in [4.69, 9.17) is 0 Å². The summed E-state index contributed by atoms with van der Waals surface area (Å²) in [4.78, 5) is 13.6. The molecule has 4 aromatic rings. The molecule has 0 atom stereocenters. The van der Waals surface area contributed by atoms with Gasteiger partial charge in [-0.25, -0.2) is 19.3 Å². The summed E-state index contributed by atoms with van der Waals surface area (Å²) in [5.41, 5.74) is 2.85. The Hall–Kier alpha value is -3.39. The molecule has 0 aliphatic rings. The molecule has 0 amide bonds. The molecular weight excluding hydrogens is 369 g/mol. The minimum absolute atomic E-state index is 0.501. The van der Waals surface area contributed by atoms with Crippen LogP contribution in [0.15, 0.2) is 48.7 Å². The fourth-order valence-electron chi connectivity index (χ4n) is 3.18. The maximum absolute atomic E-state index is 13.5. The first kappa shape index (κ1) is 18.9. The molecule has 0 spiro atoms. The number of anilines is 2. The Kier molecular flexibility index (Phi) is 5.71. The van der Waals surface area contributed by atoms with Crippen LogP contribution in [0.3, 0.4) is 0 Å². The van der Waals surface area contributed by atoms with Crippen LogP contribution in [0.25, 0.3) is 22.4 Å². The highest BCUT2D eigenvalue weighted by atomic mass is 19.1. The van der Waals surface area contributed by atoms with Crippen LogP contribution in [0, 0.1) is 0 Å². The van der Waals surface area contributed by atoms with E-state index >= 15 is 0 Å². The normalized spacial score (nSPS) is 11.1. The van der Waals surface area contributed by atoms with Crippen LogP contribution in [0.1, 0.15) is 17.7 Å². The molecular formula is C21H22FN7. The van der Waals surface area contributed by atoms with Gasteiger partial charge < -0.3 is 10.6 Å². The SMILES string of the molecule is CNCCCc1cc(Nc2n[nH]c3ncccc23)nc(-c2ccccc2CF)n1. The van der Waals surface area contributed by atoms with E-state index in [0.717, 1.165) is 30.5 Å². The van der Waals surface area contributed by atoms with Crippen molar-refractivity contribution in [3.8, 4) is 11.4 Å². The number of hydrogen-bond donors (Lipinski definition) is 3. The summed E-state index contributed by atoms with van der Waals surface area (Å²) in [5, 5.41) is 14.5. The Bertz CT molecular complexity index is 1110. The Labute approximate surface area is 167 Å². The van der Waals surface area contributed by atoms with Gasteiger partial charge in [0.25, 0.3) is 0 Å². The van der Waals surface area contributed by atoms with Crippen molar-refractivity contribution in [3.63, 3.8) is 0 Å². The van der Waals surface area contributed by atoms with Gasteiger partial charge in [0.1, 0.15) is 12.5 Å². The van der Waals surface area contributed by atoms with Crippen LogP contribution < -0.4 is 10.6 Å². The van der Waals surface area contributed by atoms with Crippen molar-refractivity contribution in [1.82, 2.24) is 30.5 Å². The standard InChI is InChI=1S/C21H22FN7/c1-23-10-4-7-15-12-18(27-21-17-9-5-11-24-19(17)28-29-21)26-20(25-15)16-8-3-2-6-14(16)13-22/h2-3,5-6,8-9,11-12,23H,4,7,10,13H2,1H3,(H2,24,25,26,27,28,29). The van der Waals surface area contributed by atoms with Crippen LogP contribution in [0.2, 0.25) is 0 Å². The quantitative estimate of drug-likeness (QED) is 0.396. The first-order valence-corrected chi connectivity index (χ1v) is 9.51. The predicted octanol–water partition coefficient (Wildman–Crippen LogP) is 3.78. The fraction of sp³-hybridized carbons (Fsp3) is 0.238. The molecule has 7 nitrogen and oxygen atoms in total. The number of rotatable bonds is 8. The fourth-order valence-corrected chi connectivity index (χ4v) is 3.18. The van der Waals surface area contributed by atoms with Gasteiger partial charge in [-0.2, -0.15) is 5.10 Å². The lowest BCUT2D eigenvalue weighted by molar-refractivity contribution is 0.486. The van der Waals surface area contributed by atoms with Gasteiger partial charge in [0, 0.05) is 23.5 Å². The molecule has 0 saturated heterocycles. The van der Waals surface area contributed by atoms with Crippen molar-refractivity contribution in [2.24, 2.45) is 0 Å². The highest BCUT2D eigenvalue weighted by molar-refractivity contribution is 5.88. The van der Waals surface area contributed by atoms with Crippen molar-refractivity contribution < 1.29 is 4.39 Å². The number of fused-ring (bicyclic) bond motifs is 1. The van der Waals surface area contributed by atoms with Crippen LogP contribution in [-0.4, -0.2) is 38.7 Å². The zero-order chi connectivity index (χ0) is 20.1. The van der Waals surface area contributed by atoms with E-state index in [9.17, 15) is 4.39 Å². The average Bonchev–Trinajstić information content (AvgIpc) is 3.16. The molecule has 4 rings (SSSR count). The van der Waals surface area contributed by atoms with Crippen molar-refractivity contribution >= 4 is 22.7 Å². The van der Waals surface area contributed by atoms with E-state index in [2.05, 4.69) is 35.8 Å². The molecule has 0 unspecified atom stereocenters. The Morgan fingerprint density at radius 1 is 1.10 bits per heavy atom. The number of benzene rings is 1. The predicted molar refractivity (Wildman–Crippen MR) is 112 cm³/mol. The monoisotopic (exact) mass is 391 g/mol. The third-order valence-electron chi connectivity index (χ3n) is 4.62. The molecule has 3 aromatic heterocycles. The maximum atomic E-state index is 13.5. The second kappa shape index (κ2) is 8.74. The number of nitrogens with one attached hydrogen (secondary N) is 3. The summed E-state index contributed by atoms with van der Waals surface area (Å²) in [6.45, 7) is 0.320. The second-order valence-electron chi connectivity index (χ2n) is 6.66. The van der Waals surface area contributed by atoms with Gasteiger partial charge in [-0.3, -0.25) is 5.10 Å². The minimum atomic E-state index is -0.568. The van der Waals surface area contributed by atoms with Gasteiger partial charge in [0.15, 0.2) is 17.3 Å². The lowest BCUT2D eigenvalue weighted by Gasteiger charge is -2.11. The summed E-state index contributed by atoms with van der Waals surface area (Å²) >= 11 is 0. The van der Waals surface area contributed by atoms with Crippen molar-refractivity contribution in [2.45, 2.75) is 19.5 Å². The van der Waals surface area contributed by atoms with Crippen LogP contribution >= 0.6 is 0 Å². The number of aryl methyl sites for hydroxylation is 1. The molecule has 3 heterocycles. The van der Waals surface area contributed by atoms with Gasteiger partial charge in [-0.15, -0.1) is 0 Å². The molecule has 0 saturated carbocycles. The van der Waals surface area contributed by atoms with Gasteiger partial charge in [0.05, 0.1) is 5.39 Å². The molecule has 1 aromatic carbocycles. The Morgan fingerprint density at radius 2 is 2.00 bits per heavy atom. The van der Waals surface area contributed by atoms with Gasteiger partial charge in [-0.1, -0.05) is 24.3 Å². The summed E-state index contributed by atoms with van der Waals surface area (Å²) < 4.78 is 13.5. The van der Waals surface area contributed by atoms with Crippen LogP contribution in [-0.2, 0) is 13.1 Å². The summed E-state index contributed by atoms with van der Waals surface area (Å²) in [5.74, 6) is 1.75. The van der Waals surface area contributed by atoms with Gasteiger partial charge in [-0.05, 0) is 44.1 Å². The molecule has 0 aliphatic carbocycles. The minimum Gasteiger partial charge on any atom is -0.323 e. The number of H-pyrrole nitrogens is 1. The van der Waals surface area contributed by atoms with Crippen LogP contribution in [0.4, 0.5) is 16.0 Å². The molecule has 0 fully saturated rings.